The number of rotatable bonds is 5. The van der Waals surface area contributed by atoms with Gasteiger partial charge in [-0.25, -0.2) is 0 Å². The molecule has 0 aliphatic carbocycles. The minimum absolute atomic E-state index is 0.654. The Morgan fingerprint density at radius 1 is 1.47 bits per heavy atom. The van der Waals surface area contributed by atoms with Crippen molar-refractivity contribution in [1.82, 2.24) is 15.2 Å². The minimum atomic E-state index is 0.654. The fourth-order valence-corrected chi connectivity index (χ4v) is 2.20. The summed E-state index contributed by atoms with van der Waals surface area (Å²) in [5.41, 5.74) is 1.11. The average molecular weight is 234 g/mol. The highest BCUT2D eigenvalue weighted by Crippen LogP contribution is 2.07. The van der Waals surface area contributed by atoms with E-state index in [-0.39, 0.29) is 0 Å². The van der Waals surface area contributed by atoms with Crippen LogP contribution in [-0.4, -0.2) is 48.6 Å². The van der Waals surface area contributed by atoms with E-state index in [1.165, 1.54) is 19.5 Å². The average Bonchev–Trinajstić information content (AvgIpc) is 2.41. The summed E-state index contributed by atoms with van der Waals surface area (Å²) in [6, 6.07) is 4.67. The number of hydrogen-bond donors (Lipinski definition) is 2. The Kier molecular flexibility index (Phi) is 4.76. The molecule has 1 fully saturated rings. The molecule has 4 nitrogen and oxygen atoms in total. The Bertz CT molecular complexity index is 308. The molecule has 2 heterocycles. The third kappa shape index (κ3) is 3.98. The molecule has 2 N–H and O–H groups in total. The Balaban J connectivity index is 1.67. The molecule has 4 heteroatoms. The largest absolute Gasteiger partial charge is 0.384 e. The van der Waals surface area contributed by atoms with E-state index in [0.29, 0.717) is 6.04 Å². The third-order valence-electron chi connectivity index (χ3n) is 3.33. The minimum Gasteiger partial charge on any atom is -0.384 e. The number of hydrogen-bond acceptors (Lipinski definition) is 4. The van der Waals surface area contributed by atoms with Crippen LogP contribution in [0.25, 0.3) is 0 Å². The number of piperazine rings is 1. The summed E-state index contributed by atoms with van der Waals surface area (Å²) in [6.45, 7) is 7.93. The van der Waals surface area contributed by atoms with E-state index in [1.807, 2.05) is 12.3 Å². The quantitative estimate of drug-likeness (QED) is 0.802. The zero-order valence-electron chi connectivity index (χ0n) is 10.5. The van der Waals surface area contributed by atoms with Crippen molar-refractivity contribution in [3.05, 3.63) is 24.5 Å². The van der Waals surface area contributed by atoms with Crippen molar-refractivity contribution in [3.8, 4) is 0 Å². The maximum absolute atomic E-state index is 4.09. The number of anilines is 1. The molecule has 0 radical (unpaired) electrons. The SMILES string of the molecule is CC(CCNc1cccnc1)N1CCNCC1. The molecule has 1 atom stereocenters. The monoisotopic (exact) mass is 234 g/mol. The first-order valence-electron chi connectivity index (χ1n) is 6.45. The summed E-state index contributed by atoms with van der Waals surface area (Å²) in [5, 5.41) is 6.80. The topological polar surface area (TPSA) is 40.2 Å². The van der Waals surface area contributed by atoms with Crippen LogP contribution >= 0.6 is 0 Å². The molecular weight excluding hydrogens is 212 g/mol. The van der Waals surface area contributed by atoms with Gasteiger partial charge in [-0.3, -0.25) is 9.88 Å². The summed E-state index contributed by atoms with van der Waals surface area (Å²) < 4.78 is 0. The summed E-state index contributed by atoms with van der Waals surface area (Å²) in [6.07, 6.45) is 4.85. The molecule has 1 aromatic rings. The molecular formula is C13H22N4. The van der Waals surface area contributed by atoms with Gasteiger partial charge in [0, 0.05) is 51.2 Å². The van der Waals surface area contributed by atoms with Crippen LogP contribution in [0.2, 0.25) is 0 Å². The summed E-state index contributed by atoms with van der Waals surface area (Å²) in [7, 11) is 0. The zero-order chi connectivity index (χ0) is 11.9. The molecule has 2 rings (SSSR count). The van der Waals surface area contributed by atoms with Crippen LogP contribution in [0.3, 0.4) is 0 Å². The fraction of sp³-hybridized carbons (Fsp3) is 0.615. The van der Waals surface area contributed by atoms with Gasteiger partial charge in [-0.1, -0.05) is 0 Å². The molecule has 0 saturated carbocycles. The second kappa shape index (κ2) is 6.57. The Morgan fingerprint density at radius 3 is 3.00 bits per heavy atom. The molecule has 17 heavy (non-hydrogen) atoms. The lowest BCUT2D eigenvalue weighted by Crippen LogP contribution is -2.47. The van der Waals surface area contributed by atoms with Crippen LogP contribution in [0.15, 0.2) is 24.5 Å². The van der Waals surface area contributed by atoms with Crippen LogP contribution < -0.4 is 10.6 Å². The van der Waals surface area contributed by atoms with E-state index >= 15 is 0 Å². The Morgan fingerprint density at radius 2 is 2.29 bits per heavy atom. The van der Waals surface area contributed by atoms with Gasteiger partial charge in [0.05, 0.1) is 5.69 Å². The Labute approximate surface area is 103 Å². The van der Waals surface area contributed by atoms with Crippen LogP contribution in [0, 0.1) is 0 Å². The molecule has 1 saturated heterocycles. The lowest BCUT2D eigenvalue weighted by Gasteiger charge is -2.32. The standard InChI is InChI=1S/C13H22N4/c1-12(17-9-7-14-8-10-17)4-6-16-13-3-2-5-15-11-13/h2-3,5,11-12,14,16H,4,6-10H2,1H3. The molecule has 1 aromatic heterocycles. The van der Waals surface area contributed by atoms with Crippen LogP contribution in [-0.2, 0) is 0 Å². The van der Waals surface area contributed by atoms with Gasteiger partial charge in [0.1, 0.15) is 0 Å². The summed E-state index contributed by atoms with van der Waals surface area (Å²) >= 11 is 0. The number of nitrogens with zero attached hydrogens (tertiary/aromatic N) is 2. The van der Waals surface area contributed by atoms with Crippen LogP contribution in [0.4, 0.5) is 5.69 Å². The van der Waals surface area contributed by atoms with Gasteiger partial charge < -0.3 is 10.6 Å². The predicted molar refractivity (Wildman–Crippen MR) is 71.2 cm³/mol. The second-order valence-electron chi connectivity index (χ2n) is 4.59. The number of pyridine rings is 1. The van der Waals surface area contributed by atoms with E-state index in [1.54, 1.807) is 6.20 Å². The molecule has 0 amide bonds. The van der Waals surface area contributed by atoms with Crippen molar-refractivity contribution >= 4 is 5.69 Å². The lowest BCUT2D eigenvalue weighted by molar-refractivity contribution is 0.179. The predicted octanol–water partition coefficient (Wildman–Crippen LogP) is 1.18. The molecule has 0 bridgehead atoms. The van der Waals surface area contributed by atoms with E-state index < -0.39 is 0 Å². The summed E-state index contributed by atoms with van der Waals surface area (Å²) in [4.78, 5) is 6.65. The van der Waals surface area contributed by atoms with Crippen molar-refractivity contribution in [3.63, 3.8) is 0 Å². The Hall–Kier alpha value is -1.13. The highest BCUT2D eigenvalue weighted by Gasteiger charge is 2.15. The molecule has 0 aromatic carbocycles. The number of nitrogens with one attached hydrogen (secondary N) is 2. The summed E-state index contributed by atoms with van der Waals surface area (Å²) in [5.74, 6) is 0. The molecule has 1 aliphatic heterocycles. The molecule has 0 spiro atoms. The molecule has 1 unspecified atom stereocenters. The van der Waals surface area contributed by atoms with E-state index in [9.17, 15) is 0 Å². The van der Waals surface area contributed by atoms with Crippen LogP contribution in [0.5, 0.6) is 0 Å². The van der Waals surface area contributed by atoms with Gasteiger partial charge in [0.2, 0.25) is 0 Å². The van der Waals surface area contributed by atoms with Gasteiger partial charge in [-0.2, -0.15) is 0 Å². The van der Waals surface area contributed by atoms with Gasteiger partial charge in [0.25, 0.3) is 0 Å². The second-order valence-corrected chi connectivity index (χ2v) is 4.59. The van der Waals surface area contributed by atoms with Crippen molar-refractivity contribution in [1.29, 1.82) is 0 Å². The van der Waals surface area contributed by atoms with Crippen molar-refractivity contribution in [2.75, 3.05) is 38.0 Å². The highest BCUT2D eigenvalue weighted by atomic mass is 15.2. The first-order valence-corrected chi connectivity index (χ1v) is 6.45. The van der Waals surface area contributed by atoms with Gasteiger partial charge in [0.15, 0.2) is 0 Å². The maximum atomic E-state index is 4.09. The zero-order valence-corrected chi connectivity index (χ0v) is 10.5. The van der Waals surface area contributed by atoms with Gasteiger partial charge >= 0.3 is 0 Å². The first-order chi connectivity index (χ1) is 8.36. The van der Waals surface area contributed by atoms with Crippen molar-refractivity contribution in [2.24, 2.45) is 0 Å². The van der Waals surface area contributed by atoms with E-state index in [4.69, 9.17) is 0 Å². The third-order valence-corrected chi connectivity index (χ3v) is 3.33. The van der Waals surface area contributed by atoms with E-state index in [0.717, 1.165) is 25.3 Å². The maximum Gasteiger partial charge on any atom is 0.0526 e. The van der Waals surface area contributed by atoms with Crippen LogP contribution in [0.1, 0.15) is 13.3 Å². The van der Waals surface area contributed by atoms with Crippen molar-refractivity contribution in [2.45, 2.75) is 19.4 Å². The number of aromatic nitrogens is 1. The van der Waals surface area contributed by atoms with Gasteiger partial charge in [-0.15, -0.1) is 0 Å². The fourth-order valence-electron chi connectivity index (χ4n) is 2.20. The normalized spacial score (nSPS) is 18.9. The van der Waals surface area contributed by atoms with Crippen molar-refractivity contribution < 1.29 is 0 Å². The highest BCUT2D eigenvalue weighted by molar-refractivity contribution is 5.39. The molecule has 94 valence electrons. The van der Waals surface area contributed by atoms with Gasteiger partial charge in [-0.05, 0) is 25.5 Å². The van der Waals surface area contributed by atoms with E-state index in [2.05, 4.69) is 33.5 Å². The lowest BCUT2D eigenvalue weighted by atomic mass is 10.2. The smallest absolute Gasteiger partial charge is 0.0526 e. The first kappa shape index (κ1) is 12.3. The molecule has 1 aliphatic rings.